The smallest absolute Gasteiger partial charge is 0.224 e. The zero-order valence-electron chi connectivity index (χ0n) is 19.5. The highest BCUT2D eigenvalue weighted by Crippen LogP contribution is 2.49. The molecule has 1 saturated carbocycles. The van der Waals surface area contributed by atoms with Crippen LogP contribution in [0, 0.1) is 5.92 Å². The minimum atomic E-state index is -0.525. The van der Waals surface area contributed by atoms with Crippen LogP contribution in [0.3, 0.4) is 0 Å². The number of fused-ring (bicyclic) bond motifs is 1. The summed E-state index contributed by atoms with van der Waals surface area (Å²) in [6.45, 7) is 6.40. The number of nitrogens with one attached hydrogen (secondary N) is 1. The number of piperidine rings is 1. The van der Waals surface area contributed by atoms with Gasteiger partial charge in [0.15, 0.2) is 0 Å². The number of methoxy groups -OCH3 is 1. The quantitative estimate of drug-likeness (QED) is 0.541. The van der Waals surface area contributed by atoms with Crippen molar-refractivity contribution in [2.24, 2.45) is 5.92 Å². The number of rotatable bonds is 7. The van der Waals surface area contributed by atoms with E-state index < -0.39 is 6.10 Å². The summed E-state index contributed by atoms with van der Waals surface area (Å²) in [5.41, 5.74) is 1.73. The van der Waals surface area contributed by atoms with Crippen molar-refractivity contribution in [3.63, 3.8) is 0 Å². The average Bonchev–Trinajstić information content (AvgIpc) is 2.82. The predicted molar refractivity (Wildman–Crippen MR) is 137 cm³/mol. The van der Waals surface area contributed by atoms with Gasteiger partial charge in [-0.3, -0.25) is 9.69 Å². The van der Waals surface area contributed by atoms with Gasteiger partial charge in [-0.25, -0.2) is 0 Å². The number of aliphatic hydroxyl groups excluding tert-OH is 1. The average molecular weight is 503 g/mol. The summed E-state index contributed by atoms with van der Waals surface area (Å²) in [5.74, 6) is 0.787. The first-order chi connectivity index (χ1) is 16.3. The molecule has 4 rings (SSSR count). The van der Waals surface area contributed by atoms with Crippen molar-refractivity contribution >= 4 is 29.1 Å². The van der Waals surface area contributed by atoms with E-state index in [1.807, 2.05) is 24.3 Å². The topological polar surface area (TPSA) is 61.8 Å². The third kappa shape index (κ3) is 5.28. The fourth-order valence-corrected chi connectivity index (χ4v) is 6.11. The second kappa shape index (κ2) is 10.7. The van der Waals surface area contributed by atoms with Crippen LogP contribution in [0.15, 0.2) is 55.1 Å². The number of nitrogens with zero attached hydrogens (tertiary/aromatic N) is 1. The molecule has 2 aromatic carbocycles. The Bertz CT molecular complexity index is 1050. The van der Waals surface area contributed by atoms with Crippen LogP contribution in [0.2, 0.25) is 10.0 Å². The molecule has 1 unspecified atom stereocenters. The van der Waals surface area contributed by atoms with E-state index in [9.17, 15) is 9.90 Å². The van der Waals surface area contributed by atoms with Gasteiger partial charge in [0.25, 0.3) is 0 Å². The number of amides is 1. The molecule has 1 heterocycles. The van der Waals surface area contributed by atoms with Crippen LogP contribution in [0.5, 0.6) is 5.75 Å². The number of ether oxygens (including phenoxy) is 1. The highest BCUT2D eigenvalue weighted by Gasteiger charge is 2.52. The van der Waals surface area contributed by atoms with Crippen molar-refractivity contribution < 1.29 is 14.6 Å². The van der Waals surface area contributed by atoms with Crippen molar-refractivity contribution in [1.29, 1.82) is 0 Å². The molecule has 2 N–H and O–H groups in total. The van der Waals surface area contributed by atoms with Crippen LogP contribution < -0.4 is 10.1 Å². The molecule has 0 spiro atoms. The third-order valence-electron chi connectivity index (χ3n) is 7.39. The predicted octanol–water partition coefficient (Wildman–Crippen LogP) is 4.63. The van der Waals surface area contributed by atoms with E-state index in [0.29, 0.717) is 16.5 Å². The summed E-state index contributed by atoms with van der Waals surface area (Å²) in [6.07, 6.45) is 3.81. The number of likely N-dealkylation sites (tertiary alicyclic amines) is 1. The molecule has 1 aliphatic carbocycles. The SMILES string of the molecule is C=CCN1CC[C@@]2(c3cccc(OC)c3)C[C@@H](NC(=O)Cc3ccc(Cl)c(Cl)c3)CC(O)[C@@H]2C1. The standard InChI is InChI=1S/C27H32Cl2N2O3/c1-3-10-31-11-9-27(19-5-4-6-21(14-19)34-2)16-20(15-25(32)22(27)17-31)30-26(33)13-18-7-8-23(28)24(29)12-18/h3-8,12,14,20,22,25,32H,1,9-11,13,15-17H2,2H3,(H,30,33)/t20-,22-,25?,27-/m0/s1. The number of halogens is 2. The van der Waals surface area contributed by atoms with Crippen LogP contribution in [0.25, 0.3) is 0 Å². The summed E-state index contributed by atoms with van der Waals surface area (Å²) < 4.78 is 5.51. The van der Waals surface area contributed by atoms with E-state index in [1.165, 1.54) is 0 Å². The minimum absolute atomic E-state index is 0.0662. The van der Waals surface area contributed by atoms with Gasteiger partial charge in [0.2, 0.25) is 5.91 Å². The summed E-state index contributed by atoms with van der Waals surface area (Å²) in [4.78, 5) is 15.3. The molecule has 2 aliphatic rings. The number of aliphatic hydroxyl groups is 1. The van der Waals surface area contributed by atoms with Gasteiger partial charge < -0.3 is 15.2 Å². The van der Waals surface area contributed by atoms with Crippen LogP contribution in [-0.2, 0) is 16.6 Å². The lowest BCUT2D eigenvalue weighted by molar-refractivity contribution is -0.122. The zero-order chi connectivity index (χ0) is 24.3. The van der Waals surface area contributed by atoms with Crippen molar-refractivity contribution in [3.8, 4) is 5.75 Å². The second-order valence-corrected chi connectivity index (χ2v) is 10.3. The van der Waals surface area contributed by atoms with Crippen LogP contribution in [0.1, 0.15) is 30.4 Å². The lowest BCUT2D eigenvalue weighted by atomic mass is 9.57. The van der Waals surface area contributed by atoms with E-state index in [1.54, 1.807) is 19.2 Å². The Balaban J connectivity index is 1.56. The van der Waals surface area contributed by atoms with E-state index >= 15 is 0 Å². The second-order valence-electron chi connectivity index (χ2n) is 9.49. The van der Waals surface area contributed by atoms with Crippen LogP contribution in [-0.4, -0.2) is 54.8 Å². The summed E-state index contributed by atoms with van der Waals surface area (Å²) in [7, 11) is 1.67. The first-order valence-electron chi connectivity index (χ1n) is 11.7. The van der Waals surface area contributed by atoms with Gasteiger partial charge in [-0.1, -0.05) is 47.5 Å². The molecular weight excluding hydrogens is 471 g/mol. The maximum Gasteiger partial charge on any atom is 0.224 e. The lowest BCUT2D eigenvalue weighted by Gasteiger charge is -2.54. The number of benzene rings is 2. The van der Waals surface area contributed by atoms with E-state index in [4.69, 9.17) is 27.9 Å². The van der Waals surface area contributed by atoms with E-state index in [2.05, 4.69) is 28.9 Å². The fourth-order valence-electron chi connectivity index (χ4n) is 5.79. The van der Waals surface area contributed by atoms with E-state index in [0.717, 1.165) is 49.4 Å². The molecule has 0 bridgehead atoms. The van der Waals surface area contributed by atoms with Crippen molar-refractivity contribution in [2.45, 2.75) is 43.2 Å². The normalized spacial score (nSPS) is 27.0. The van der Waals surface area contributed by atoms with Gasteiger partial charge in [0.05, 0.1) is 29.7 Å². The fraction of sp³-hybridized carbons (Fsp3) is 0.444. The number of hydrogen-bond donors (Lipinski definition) is 2. The first-order valence-corrected chi connectivity index (χ1v) is 12.5. The molecule has 2 aromatic rings. The molecule has 0 aromatic heterocycles. The summed E-state index contributed by atoms with van der Waals surface area (Å²) >= 11 is 12.1. The zero-order valence-corrected chi connectivity index (χ0v) is 21.0. The van der Waals surface area contributed by atoms with Crippen LogP contribution in [0.4, 0.5) is 0 Å². The van der Waals surface area contributed by atoms with Gasteiger partial charge in [-0.2, -0.15) is 0 Å². The molecular formula is C27H32Cl2N2O3. The Morgan fingerprint density at radius 1 is 1.29 bits per heavy atom. The molecule has 34 heavy (non-hydrogen) atoms. The lowest BCUT2D eigenvalue weighted by Crippen LogP contribution is -2.61. The molecule has 5 nitrogen and oxygen atoms in total. The Labute approximate surface area is 211 Å². The first kappa shape index (κ1) is 25.1. The van der Waals surface area contributed by atoms with Gasteiger partial charge in [-0.15, -0.1) is 6.58 Å². The molecule has 182 valence electrons. The van der Waals surface area contributed by atoms with Crippen molar-refractivity contribution in [3.05, 3.63) is 76.3 Å². The number of hydrogen-bond acceptors (Lipinski definition) is 4. The van der Waals surface area contributed by atoms with E-state index in [-0.39, 0.29) is 29.7 Å². The van der Waals surface area contributed by atoms with Gasteiger partial charge in [-0.05, 0) is 61.2 Å². The number of carbonyl (C=O) groups is 1. The molecule has 1 aliphatic heterocycles. The third-order valence-corrected chi connectivity index (χ3v) is 8.12. The highest BCUT2D eigenvalue weighted by molar-refractivity contribution is 6.42. The van der Waals surface area contributed by atoms with Crippen molar-refractivity contribution in [1.82, 2.24) is 10.2 Å². The Morgan fingerprint density at radius 2 is 2.12 bits per heavy atom. The minimum Gasteiger partial charge on any atom is -0.497 e. The molecule has 4 atom stereocenters. The molecule has 1 saturated heterocycles. The van der Waals surface area contributed by atoms with Crippen LogP contribution >= 0.6 is 23.2 Å². The van der Waals surface area contributed by atoms with Gasteiger partial charge in [0, 0.05) is 30.5 Å². The molecule has 2 fully saturated rings. The highest BCUT2D eigenvalue weighted by atomic mass is 35.5. The van der Waals surface area contributed by atoms with Crippen molar-refractivity contribution in [2.75, 3.05) is 26.7 Å². The summed E-state index contributed by atoms with van der Waals surface area (Å²) in [6, 6.07) is 13.3. The Hall–Kier alpha value is -2.05. The van der Waals surface area contributed by atoms with Gasteiger partial charge >= 0.3 is 0 Å². The molecule has 1 amide bonds. The molecule has 7 heteroatoms. The maximum absolute atomic E-state index is 12.9. The monoisotopic (exact) mass is 502 g/mol. The Kier molecular flexibility index (Phi) is 7.88. The number of carbonyl (C=O) groups excluding carboxylic acids is 1. The Morgan fingerprint density at radius 3 is 2.85 bits per heavy atom. The largest absolute Gasteiger partial charge is 0.497 e. The molecule has 0 radical (unpaired) electrons. The maximum atomic E-state index is 12.9. The van der Waals surface area contributed by atoms with Gasteiger partial charge in [0.1, 0.15) is 5.75 Å². The summed E-state index contributed by atoms with van der Waals surface area (Å²) in [5, 5.41) is 15.4.